The summed E-state index contributed by atoms with van der Waals surface area (Å²) >= 11 is 0. The molecule has 3 aromatic rings. The predicted molar refractivity (Wildman–Crippen MR) is 158 cm³/mol. The fraction of sp³-hybridized carbons (Fsp3) is 0.355. The highest BCUT2D eigenvalue weighted by atomic mass is 31.2. The molecule has 3 aromatic carbocycles. The van der Waals surface area contributed by atoms with Crippen LogP contribution in [-0.2, 0) is 45.7 Å². The average Bonchev–Trinajstić information content (AvgIpc) is 3.02. The summed E-state index contributed by atoms with van der Waals surface area (Å²) in [5.74, 6) is 0.486. The van der Waals surface area contributed by atoms with Gasteiger partial charge in [0.25, 0.3) is 0 Å². The molecule has 1 aliphatic rings. The molecule has 0 amide bonds. The third kappa shape index (κ3) is 10.8. The van der Waals surface area contributed by atoms with Crippen LogP contribution < -0.4 is 15.2 Å². The number of carboxylic acid groups (broad SMARTS) is 1. The van der Waals surface area contributed by atoms with Gasteiger partial charge in [0.05, 0.1) is 6.61 Å². The van der Waals surface area contributed by atoms with Gasteiger partial charge in [-0.1, -0.05) is 48.5 Å². The maximum absolute atomic E-state index is 12.7. The summed E-state index contributed by atoms with van der Waals surface area (Å²) in [6.07, 6.45) is -0.683. The summed E-state index contributed by atoms with van der Waals surface area (Å²) in [5, 5.41) is 8.82. The van der Waals surface area contributed by atoms with E-state index in [1.807, 2.05) is 78.9 Å². The van der Waals surface area contributed by atoms with Gasteiger partial charge >= 0.3 is 13.8 Å². The molecule has 4 atom stereocenters. The number of aryl methyl sites for hydroxylation is 1. The fourth-order valence-corrected chi connectivity index (χ4v) is 5.25. The van der Waals surface area contributed by atoms with Gasteiger partial charge in [-0.15, -0.1) is 0 Å². The molecule has 0 aliphatic carbocycles. The van der Waals surface area contributed by atoms with Crippen molar-refractivity contribution in [2.24, 2.45) is 5.73 Å². The van der Waals surface area contributed by atoms with Gasteiger partial charge in [0.1, 0.15) is 42.6 Å². The van der Waals surface area contributed by atoms with Gasteiger partial charge < -0.3 is 34.7 Å². The number of aliphatic carboxylic acids is 1. The highest BCUT2D eigenvalue weighted by Crippen LogP contribution is 2.46. The minimum Gasteiger partial charge on any atom is -0.489 e. The van der Waals surface area contributed by atoms with Crippen LogP contribution in [0.3, 0.4) is 0 Å². The highest BCUT2D eigenvalue weighted by molar-refractivity contribution is 7.47. The number of carboxylic acids is 1. The Morgan fingerprint density at radius 3 is 2.57 bits per heavy atom. The van der Waals surface area contributed by atoms with E-state index in [9.17, 15) is 19.0 Å². The standard InChI is InChI=1S/C31H36NO11P/c32-27(30(34)35)21-41-44(36,37)43-29-14-7-17-38-31(29)40-20-24(33)16-15-23-9-4-5-13-28(23)39-19-22-8-6-12-26(18-22)42-25-10-2-1-3-11-25/h1-6,8-13,18,27,29,31H,7,14-17,19-21,32H2,(H,34,35)(H,36,37)/t27?,29-,31-/m1/s1. The van der Waals surface area contributed by atoms with Crippen LogP contribution in [0.1, 0.15) is 30.4 Å². The van der Waals surface area contributed by atoms with E-state index in [0.29, 0.717) is 44.0 Å². The van der Waals surface area contributed by atoms with E-state index in [-0.39, 0.29) is 18.8 Å². The monoisotopic (exact) mass is 629 g/mol. The number of para-hydroxylation sites is 2. The van der Waals surface area contributed by atoms with Crippen molar-refractivity contribution in [1.82, 2.24) is 0 Å². The number of benzene rings is 3. The van der Waals surface area contributed by atoms with Gasteiger partial charge in [0.15, 0.2) is 12.1 Å². The van der Waals surface area contributed by atoms with Gasteiger partial charge in [-0.25, -0.2) is 4.57 Å². The molecule has 1 heterocycles. The first-order valence-corrected chi connectivity index (χ1v) is 15.6. The number of phosphoric acid groups is 1. The fourth-order valence-electron chi connectivity index (χ4n) is 4.29. The molecule has 13 heteroatoms. The number of hydrogen-bond donors (Lipinski definition) is 3. The quantitative estimate of drug-likeness (QED) is 0.177. The molecule has 12 nitrogen and oxygen atoms in total. The lowest BCUT2D eigenvalue weighted by Gasteiger charge is -2.31. The lowest BCUT2D eigenvalue weighted by atomic mass is 10.1. The average molecular weight is 630 g/mol. The Hall–Kier alpha value is -3.61. The Morgan fingerprint density at radius 2 is 1.77 bits per heavy atom. The van der Waals surface area contributed by atoms with Crippen LogP contribution in [0.4, 0.5) is 0 Å². The largest absolute Gasteiger partial charge is 0.489 e. The van der Waals surface area contributed by atoms with Gasteiger partial charge in [0, 0.05) is 13.0 Å². The van der Waals surface area contributed by atoms with E-state index >= 15 is 0 Å². The van der Waals surface area contributed by atoms with E-state index in [4.69, 9.17) is 38.8 Å². The van der Waals surface area contributed by atoms with Crippen molar-refractivity contribution in [3.05, 3.63) is 90.0 Å². The first-order valence-electron chi connectivity index (χ1n) is 14.1. The third-order valence-corrected chi connectivity index (χ3v) is 7.56. The van der Waals surface area contributed by atoms with Crippen molar-refractivity contribution < 1.29 is 52.1 Å². The smallest absolute Gasteiger partial charge is 0.472 e. The highest BCUT2D eigenvalue weighted by Gasteiger charge is 2.36. The molecular weight excluding hydrogens is 593 g/mol. The molecule has 0 radical (unpaired) electrons. The predicted octanol–water partition coefficient (Wildman–Crippen LogP) is 4.63. The van der Waals surface area contributed by atoms with Crippen molar-refractivity contribution in [2.45, 2.75) is 50.7 Å². The maximum atomic E-state index is 12.7. The van der Waals surface area contributed by atoms with Crippen molar-refractivity contribution >= 4 is 19.6 Å². The molecule has 0 saturated carbocycles. The van der Waals surface area contributed by atoms with Crippen molar-refractivity contribution in [3.63, 3.8) is 0 Å². The Morgan fingerprint density at radius 1 is 1.02 bits per heavy atom. The van der Waals surface area contributed by atoms with Crippen molar-refractivity contribution in [3.8, 4) is 17.2 Å². The van der Waals surface area contributed by atoms with Gasteiger partial charge in [-0.05, 0) is 60.7 Å². The molecule has 4 rings (SSSR count). The zero-order chi connectivity index (χ0) is 31.4. The number of carbonyl (C=O) groups is 2. The van der Waals surface area contributed by atoms with E-state index in [2.05, 4.69) is 0 Å². The number of rotatable bonds is 17. The van der Waals surface area contributed by atoms with Gasteiger partial charge in [-0.3, -0.25) is 18.6 Å². The van der Waals surface area contributed by atoms with Crippen molar-refractivity contribution in [1.29, 1.82) is 0 Å². The lowest BCUT2D eigenvalue weighted by molar-refractivity contribution is -0.210. The molecule has 236 valence electrons. The van der Waals surface area contributed by atoms with Crippen LogP contribution in [0.15, 0.2) is 78.9 Å². The number of carbonyl (C=O) groups excluding carboxylic acids is 1. The second-order valence-electron chi connectivity index (χ2n) is 10.0. The molecule has 44 heavy (non-hydrogen) atoms. The summed E-state index contributed by atoms with van der Waals surface area (Å²) in [6.45, 7) is -0.407. The summed E-state index contributed by atoms with van der Waals surface area (Å²) in [7, 11) is -4.65. The molecule has 2 unspecified atom stereocenters. The second-order valence-corrected chi connectivity index (χ2v) is 11.4. The maximum Gasteiger partial charge on any atom is 0.472 e. The SMILES string of the molecule is NC(COP(=O)(O)O[C@@H]1CCCO[C@@H]1OCC(=O)CCc1ccccc1OCc1cccc(Oc2ccccc2)c1)C(=O)O. The summed E-state index contributed by atoms with van der Waals surface area (Å²) in [5.41, 5.74) is 7.08. The van der Waals surface area contributed by atoms with E-state index in [1.54, 1.807) is 0 Å². The second kappa shape index (κ2) is 16.5. The molecule has 0 aromatic heterocycles. The van der Waals surface area contributed by atoms with E-state index in [0.717, 1.165) is 16.9 Å². The van der Waals surface area contributed by atoms with E-state index in [1.165, 1.54) is 0 Å². The van der Waals surface area contributed by atoms with Crippen molar-refractivity contribution in [2.75, 3.05) is 19.8 Å². The molecule has 0 bridgehead atoms. The Kier molecular flexibility index (Phi) is 12.5. The minimum atomic E-state index is -4.65. The number of ketones is 1. The molecular formula is C31H36NO11P. The molecule has 1 aliphatic heterocycles. The van der Waals surface area contributed by atoms with Crippen LogP contribution in [0.2, 0.25) is 0 Å². The Balaban J connectivity index is 1.25. The van der Waals surface area contributed by atoms with Crippen LogP contribution >= 0.6 is 7.82 Å². The van der Waals surface area contributed by atoms with Crippen LogP contribution in [0.5, 0.6) is 17.2 Å². The molecule has 1 saturated heterocycles. The minimum absolute atomic E-state index is 0.160. The third-order valence-electron chi connectivity index (χ3n) is 6.55. The summed E-state index contributed by atoms with van der Waals surface area (Å²) in [4.78, 5) is 33.5. The zero-order valence-corrected chi connectivity index (χ0v) is 24.9. The Labute approximate surface area is 255 Å². The summed E-state index contributed by atoms with van der Waals surface area (Å²) < 4.78 is 45.2. The van der Waals surface area contributed by atoms with Crippen LogP contribution in [0.25, 0.3) is 0 Å². The molecule has 0 spiro atoms. The topological polar surface area (TPSA) is 173 Å². The molecule has 1 fully saturated rings. The lowest BCUT2D eigenvalue weighted by Crippen LogP contribution is -2.39. The van der Waals surface area contributed by atoms with E-state index < -0.39 is 38.8 Å². The Bertz CT molecular complexity index is 1420. The first-order chi connectivity index (χ1) is 21.2. The number of phosphoric ester groups is 1. The van der Waals surface area contributed by atoms with Crippen LogP contribution in [0, 0.1) is 0 Å². The number of Topliss-reactive ketones (excluding diaryl/α,β-unsaturated/α-hetero) is 1. The number of nitrogens with two attached hydrogens (primary N) is 1. The molecule has 4 N–H and O–H groups in total. The zero-order valence-electron chi connectivity index (χ0n) is 24.0. The van der Waals surface area contributed by atoms with Gasteiger partial charge in [-0.2, -0.15) is 0 Å². The van der Waals surface area contributed by atoms with Crippen LogP contribution in [-0.4, -0.2) is 60.0 Å². The first kappa shape index (κ1) is 33.3. The number of ether oxygens (including phenoxy) is 4. The normalized spacial score (nSPS) is 18.6. The number of hydrogen-bond acceptors (Lipinski definition) is 10. The summed E-state index contributed by atoms with van der Waals surface area (Å²) in [6, 6.07) is 23.1. The van der Waals surface area contributed by atoms with Gasteiger partial charge in [0.2, 0.25) is 0 Å².